The van der Waals surface area contributed by atoms with Crippen molar-refractivity contribution in [2.45, 2.75) is 13.0 Å². The largest absolute Gasteiger partial charge is 0.368 e. The van der Waals surface area contributed by atoms with Crippen LogP contribution in [0.5, 0.6) is 0 Å². The van der Waals surface area contributed by atoms with Crippen LogP contribution < -0.4 is 9.80 Å². The predicted molar refractivity (Wildman–Crippen MR) is 120 cm³/mol. The van der Waals surface area contributed by atoms with Gasteiger partial charge >= 0.3 is 0 Å². The van der Waals surface area contributed by atoms with Gasteiger partial charge in [-0.1, -0.05) is 42.5 Å². The van der Waals surface area contributed by atoms with Crippen LogP contribution in [-0.4, -0.2) is 48.5 Å². The molecule has 0 aliphatic carbocycles. The van der Waals surface area contributed by atoms with Crippen LogP contribution in [0.15, 0.2) is 72.9 Å². The van der Waals surface area contributed by atoms with E-state index < -0.39 is 0 Å². The van der Waals surface area contributed by atoms with Gasteiger partial charge < -0.3 is 14.7 Å². The minimum absolute atomic E-state index is 0.0225. The van der Waals surface area contributed by atoms with E-state index in [0.29, 0.717) is 12.2 Å². The molecule has 1 fully saturated rings. The summed E-state index contributed by atoms with van der Waals surface area (Å²) in [5.41, 5.74) is 5.48. The molecule has 152 valence electrons. The molecule has 0 atom stereocenters. The van der Waals surface area contributed by atoms with Gasteiger partial charge in [0.2, 0.25) is 0 Å². The third kappa shape index (κ3) is 3.75. The van der Waals surface area contributed by atoms with Gasteiger partial charge in [0, 0.05) is 56.8 Å². The maximum atomic E-state index is 13.1. The fourth-order valence-corrected chi connectivity index (χ4v) is 4.43. The molecular weight excluding hydrogens is 372 g/mol. The van der Waals surface area contributed by atoms with Crippen molar-refractivity contribution in [3.05, 3.63) is 89.7 Å². The van der Waals surface area contributed by atoms with Gasteiger partial charge in [-0.15, -0.1) is 0 Å². The average molecular weight is 399 g/mol. The lowest BCUT2D eigenvalue weighted by Gasteiger charge is -2.37. The number of hydrogen-bond donors (Lipinski definition) is 0. The number of benzene rings is 2. The lowest BCUT2D eigenvalue weighted by Crippen LogP contribution is -2.46. The monoisotopic (exact) mass is 398 g/mol. The SMILES string of the molecule is O=C(c1cc(N2CCN(c3ccccc3)CC2)ccn1)N1CCc2ccccc2C1. The molecule has 0 N–H and O–H groups in total. The van der Waals surface area contributed by atoms with Gasteiger partial charge in [0.15, 0.2) is 0 Å². The molecule has 0 saturated carbocycles. The second kappa shape index (κ2) is 8.19. The molecule has 30 heavy (non-hydrogen) atoms. The maximum Gasteiger partial charge on any atom is 0.272 e. The predicted octanol–water partition coefficient (Wildman–Crippen LogP) is 3.61. The minimum Gasteiger partial charge on any atom is -0.368 e. The summed E-state index contributed by atoms with van der Waals surface area (Å²) in [5, 5.41) is 0. The smallest absolute Gasteiger partial charge is 0.272 e. The summed E-state index contributed by atoms with van der Waals surface area (Å²) < 4.78 is 0. The third-order valence-corrected chi connectivity index (χ3v) is 6.15. The number of amides is 1. The third-order valence-electron chi connectivity index (χ3n) is 6.15. The molecule has 2 aromatic carbocycles. The van der Waals surface area contributed by atoms with Crippen LogP contribution in [-0.2, 0) is 13.0 Å². The second-order valence-electron chi connectivity index (χ2n) is 7.95. The molecule has 1 aromatic heterocycles. The Kier molecular flexibility index (Phi) is 5.10. The molecule has 5 heteroatoms. The van der Waals surface area contributed by atoms with Crippen LogP contribution in [0.1, 0.15) is 21.6 Å². The summed E-state index contributed by atoms with van der Waals surface area (Å²) in [5.74, 6) is 0.0225. The van der Waals surface area contributed by atoms with E-state index in [1.54, 1.807) is 6.20 Å². The van der Waals surface area contributed by atoms with Crippen LogP contribution in [0, 0.1) is 0 Å². The van der Waals surface area contributed by atoms with Gasteiger partial charge in [0.05, 0.1) is 0 Å². The van der Waals surface area contributed by atoms with Crippen LogP contribution in [0.4, 0.5) is 11.4 Å². The quantitative estimate of drug-likeness (QED) is 0.676. The lowest BCUT2D eigenvalue weighted by atomic mass is 10.00. The Morgan fingerprint density at radius 3 is 2.17 bits per heavy atom. The van der Waals surface area contributed by atoms with Gasteiger partial charge in [0.25, 0.3) is 5.91 Å². The fourth-order valence-electron chi connectivity index (χ4n) is 4.43. The summed E-state index contributed by atoms with van der Waals surface area (Å²) >= 11 is 0. The summed E-state index contributed by atoms with van der Waals surface area (Å²) in [4.78, 5) is 24.2. The van der Waals surface area contributed by atoms with Gasteiger partial charge in [-0.3, -0.25) is 9.78 Å². The first-order valence-electron chi connectivity index (χ1n) is 10.6. The Bertz CT molecular complexity index is 1030. The van der Waals surface area contributed by atoms with E-state index >= 15 is 0 Å². The molecule has 3 aromatic rings. The average Bonchev–Trinajstić information content (AvgIpc) is 2.84. The van der Waals surface area contributed by atoms with Crippen LogP contribution in [0.25, 0.3) is 0 Å². The van der Waals surface area contributed by atoms with E-state index in [1.807, 2.05) is 23.1 Å². The molecule has 0 radical (unpaired) electrons. The van der Waals surface area contributed by atoms with Crippen molar-refractivity contribution < 1.29 is 4.79 Å². The van der Waals surface area contributed by atoms with Crippen molar-refractivity contribution in [1.82, 2.24) is 9.88 Å². The normalized spacial score (nSPS) is 16.3. The van der Waals surface area contributed by atoms with Gasteiger partial charge in [-0.2, -0.15) is 0 Å². The van der Waals surface area contributed by atoms with E-state index in [9.17, 15) is 4.79 Å². The number of piperazine rings is 1. The van der Waals surface area contributed by atoms with Gasteiger partial charge in [-0.05, 0) is 41.8 Å². The number of fused-ring (bicyclic) bond motifs is 1. The standard InChI is InChI=1S/C25H26N4O/c30-25(29-13-11-20-6-4-5-7-21(20)19-29)24-18-23(10-12-26-24)28-16-14-27(15-17-28)22-8-2-1-3-9-22/h1-10,12,18H,11,13-17,19H2. The van der Waals surface area contributed by atoms with E-state index in [0.717, 1.165) is 44.8 Å². The summed E-state index contributed by atoms with van der Waals surface area (Å²) in [6.07, 6.45) is 2.67. The number of nitrogens with zero attached hydrogens (tertiary/aromatic N) is 4. The van der Waals surface area contributed by atoms with Crippen LogP contribution in [0.3, 0.4) is 0 Å². The number of aromatic nitrogens is 1. The number of pyridine rings is 1. The molecule has 2 aliphatic heterocycles. The zero-order valence-corrected chi connectivity index (χ0v) is 17.1. The molecule has 1 saturated heterocycles. The number of hydrogen-bond acceptors (Lipinski definition) is 4. The Morgan fingerprint density at radius 1 is 0.733 bits per heavy atom. The number of carbonyl (C=O) groups excluding carboxylic acids is 1. The number of carbonyl (C=O) groups is 1. The van der Waals surface area contributed by atoms with Crippen molar-refractivity contribution in [3.8, 4) is 0 Å². The van der Waals surface area contributed by atoms with Crippen molar-refractivity contribution in [3.63, 3.8) is 0 Å². The van der Waals surface area contributed by atoms with E-state index in [2.05, 4.69) is 63.3 Å². The molecule has 0 bridgehead atoms. The molecule has 1 amide bonds. The first-order chi connectivity index (χ1) is 14.8. The van der Waals surface area contributed by atoms with Gasteiger partial charge in [0.1, 0.15) is 5.69 Å². The Hall–Kier alpha value is -3.34. The Balaban J connectivity index is 1.26. The highest BCUT2D eigenvalue weighted by Gasteiger charge is 2.24. The van der Waals surface area contributed by atoms with Crippen molar-refractivity contribution >= 4 is 17.3 Å². The zero-order valence-electron chi connectivity index (χ0n) is 17.1. The van der Waals surface area contributed by atoms with E-state index in [4.69, 9.17) is 0 Å². The van der Waals surface area contributed by atoms with E-state index in [-0.39, 0.29) is 5.91 Å². The highest BCUT2D eigenvalue weighted by atomic mass is 16.2. The topological polar surface area (TPSA) is 39.7 Å². The molecule has 0 spiro atoms. The molecule has 0 unspecified atom stereocenters. The Morgan fingerprint density at radius 2 is 1.40 bits per heavy atom. The van der Waals surface area contributed by atoms with Crippen molar-refractivity contribution in [2.24, 2.45) is 0 Å². The van der Waals surface area contributed by atoms with Crippen LogP contribution >= 0.6 is 0 Å². The maximum absolute atomic E-state index is 13.1. The van der Waals surface area contributed by atoms with E-state index in [1.165, 1.54) is 16.8 Å². The molecule has 2 aliphatic rings. The van der Waals surface area contributed by atoms with Gasteiger partial charge in [-0.25, -0.2) is 0 Å². The zero-order chi connectivity index (χ0) is 20.3. The number of anilines is 2. The number of rotatable bonds is 3. The Labute approximate surface area is 177 Å². The molecule has 3 heterocycles. The lowest BCUT2D eigenvalue weighted by molar-refractivity contribution is 0.0729. The fraction of sp³-hybridized carbons (Fsp3) is 0.280. The summed E-state index contributed by atoms with van der Waals surface area (Å²) in [7, 11) is 0. The molecular formula is C25H26N4O. The first-order valence-corrected chi connectivity index (χ1v) is 10.6. The minimum atomic E-state index is 0.0225. The number of para-hydroxylation sites is 1. The molecule has 5 rings (SSSR count). The first kappa shape index (κ1) is 18.7. The van der Waals surface area contributed by atoms with Crippen LogP contribution in [0.2, 0.25) is 0 Å². The molecule has 5 nitrogen and oxygen atoms in total. The summed E-state index contributed by atoms with van der Waals surface area (Å²) in [6.45, 7) is 5.22. The highest BCUT2D eigenvalue weighted by Crippen LogP contribution is 2.23. The second-order valence-corrected chi connectivity index (χ2v) is 7.95. The highest BCUT2D eigenvalue weighted by molar-refractivity contribution is 5.93. The van der Waals surface area contributed by atoms with Crippen molar-refractivity contribution in [1.29, 1.82) is 0 Å². The summed E-state index contributed by atoms with van der Waals surface area (Å²) in [6, 6.07) is 22.9. The van der Waals surface area contributed by atoms with Crippen molar-refractivity contribution in [2.75, 3.05) is 42.5 Å².